The average Bonchev–Trinajstić information content (AvgIpc) is 3.12. The fraction of sp³-hybridized carbons (Fsp3) is 0.556. The number of rotatable bonds is 33. The summed E-state index contributed by atoms with van der Waals surface area (Å²) in [6, 6.07) is 0. The van der Waals surface area contributed by atoms with E-state index in [0.717, 1.165) is 83.5 Å². The van der Waals surface area contributed by atoms with Crippen molar-refractivity contribution in [2.24, 2.45) is 0 Å². The molecule has 0 aliphatic heterocycles. The molecule has 0 aliphatic rings. The smallest absolute Gasteiger partial charge is 0.306 e. The molecule has 0 unspecified atom stereocenters. The zero-order valence-corrected chi connectivity index (χ0v) is 31.6. The van der Waals surface area contributed by atoms with Crippen LogP contribution in [0.3, 0.4) is 0 Å². The number of aliphatic hydroxyl groups is 1. The Hall–Kier alpha value is -3.44. The first-order chi connectivity index (χ1) is 24.6. The molecule has 1 atom stereocenters. The van der Waals surface area contributed by atoms with E-state index in [1.807, 2.05) is 12.2 Å². The minimum atomic E-state index is -0.821. The second-order valence-electron chi connectivity index (χ2n) is 12.3. The molecule has 0 aliphatic carbocycles. The number of unbranched alkanes of at least 4 members (excludes halogenated alkanes) is 7. The van der Waals surface area contributed by atoms with E-state index in [2.05, 4.69) is 111 Å². The van der Waals surface area contributed by atoms with E-state index in [9.17, 15) is 14.7 Å². The van der Waals surface area contributed by atoms with E-state index in [0.29, 0.717) is 12.8 Å². The fourth-order valence-electron chi connectivity index (χ4n) is 4.64. The lowest BCUT2D eigenvalue weighted by molar-refractivity contribution is -0.161. The molecular weight excluding hydrogens is 620 g/mol. The van der Waals surface area contributed by atoms with Gasteiger partial charge in [-0.3, -0.25) is 9.59 Å². The number of allylic oxidation sites excluding steroid dienone is 18. The Bertz CT molecular complexity index is 1050. The van der Waals surface area contributed by atoms with Crippen LogP contribution in [0.2, 0.25) is 0 Å². The number of esters is 2. The highest BCUT2D eigenvalue weighted by molar-refractivity contribution is 5.70. The molecule has 280 valence electrons. The first-order valence-corrected chi connectivity index (χ1v) is 19.4. The van der Waals surface area contributed by atoms with Crippen LogP contribution in [0.15, 0.2) is 109 Å². The minimum Gasteiger partial charge on any atom is -0.462 e. The van der Waals surface area contributed by atoms with Crippen LogP contribution in [0, 0.1) is 0 Å². The van der Waals surface area contributed by atoms with E-state index in [-0.39, 0.29) is 31.6 Å². The van der Waals surface area contributed by atoms with Crippen molar-refractivity contribution in [2.45, 2.75) is 148 Å². The molecule has 0 saturated heterocycles. The number of hydrogen-bond donors (Lipinski definition) is 1. The van der Waals surface area contributed by atoms with Gasteiger partial charge in [0.25, 0.3) is 0 Å². The predicted octanol–water partition coefficient (Wildman–Crippen LogP) is 12.3. The quantitative estimate of drug-likeness (QED) is 0.0421. The zero-order chi connectivity index (χ0) is 36.4. The minimum absolute atomic E-state index is 0.123. The van der Waals surface area contributed by atoms with Gasteiger partial charge in [0, 0.05) is 12.8 Å². The highest BCUT2D eigenvalue weighted by atomic mass is 16.6. The van der Waals surface area contributed by atoms with Crippen molar-refractivity contribution in [3.8, 4) is 0 Å². The maximum atomic E-state index is 12.2. The van der Waals surface area contributed by atoms with Crippen LogP contribution >= 0.6 is 0 Å². The number of aliphatic hydroxyl groups excluding tert-OH is 1. The monoisotopic (exact) mass is 691 g/mol. The molecule has 0 spiro atoms. The normalized spacial score (nSPS) is 13.4. The van der Waals surface area contributed by atoms with Gasteiger partial charge in [0.15, 0.2) is 6.10 Å². The molecule has 0 aromatic carbocycles. The van der Waals surface area contributed by atoms with Crippen molar-refractivity contribution in [1.82, 2.24) is 0 Å². The van der Waals surface area contributed by atoms with Crippen molar-refractivity contribution in [3.63, 3.8) is 0 Å². The first kappa shape index (κ1) is 46.6. The van der Waals surface area contributed by atoms with E-state index in [4.69, 9.17) is 9.47 Å². The van der Waals surface area contributed by atoms with Crippen molar-refractivity contribution < 1.29 is 24.2 Å². The van der Waals surface area contributed by atoms with Crippen LogP contribution in [-0.4, -0.2) is 36.4 Å². The summed E-state index contributed by atoms with van der Waals surface area (Å²) in [6.45, 7) is 3.88. The second-order valence-corrected chi connectivity index (χ2v) is 12.3. The predicted molar refractivity (Wildman–Crippen MR) is 214 cm³/mol. The highest BCUT2D eigenvalue weighted by Gasteiger charge is 2.15. The third-order valence-electron chi connectivity index (χ3n) is 7.56. The Balaban J connectivity index is 3.78. The summed E-state index contributed by atoms with van der Waals surface area (Å²) in [6.07, 6.45) is 57.2. The molecule has 0 rings (SSSR count). The summed E-state index contributed by atoms with van der Waals surface area (Å²) in [5.74, 6) is -0.727. The maximum Gasteiger partial charge on any atom is 0.306 e. The van der Waals surface area contributed by atoms with Gasteiger partial charge >= 0.3 is 11.9 Å². The number of ether oxygens (including phenoxy) is 2. The third-order valence-corrected chi connectivity index (χ3v) is 7.56. The van der Waals surface area contributed by atoms with Gasteiger partial charge in [-0.1, -0.05) is 149 Å². The van der Waals surface area contributed by atoms with Gasteiger partial charge in [0.2, 0.25) is 0 Å². The molecule has 50 heavy (non-hydrogen) atoms. The summed E-state index contributed by atoms with van der Waals surface area (Å²) in [4.78, 5) is 24.2. The Labute approximate surface area is 306 Å². The molecule has 0 aromatic rings. The van der Waals surface area contributed by atoms with Crippen LogP contribution in [-0.2, 0) is 19.1 Å². The number of hydrogen-bond acceptors (Lipinski definition) is 5. The SMILES string of the molecule is CC/C=C/C/C=C/C/C=C/C/C=C/C/C=C/C/C=C/CCC(=O)OC[C@H](CO)OC(=O)CCCCCC/C=C/C/C=C/C/C=C/CCCCC. The first-order valence-electron chi connectivity index (χ1n) is 19.4. The van der Waals surface area contributed by atoms with Crippen LogP contribution in [0.5, 0.6) is 0 Å². The van der Waals surface area contributed by atoms with Crippen LogP contribution < -0.4 is 0 Å². The van der Waals surface area contributed by atoms with Crippen molar-refractivity contribution >= 4 is 11.9 Å². The van der Waals surface area contributed by atoms with Gasteiger partial charge in [0.05, 0.1) is 6.61 Å². The van der Waals surface area contributed by atoms with Crippen LogP contribution in [0.1, 0.15) is 142 Å². The Morgan fingerprint density at radius 3 is 1.36 bits per heavy atom. The fourth-order valence-corrected chi connectivity index (χ4v) is 4.64. The number of carbonyl (C=O) groups is 2. The summed E-state index contributed by atoms with van der Waals surface area (Å²) >= 11 is 0. The van der Waals surface area contributed by atoms with E-state index in [1.165, 1.54) is 25.7 Å². The zero-order valence-electron chi connectivity index (χ0n) is 31.6. The highest BCUT2D eigenvalue weighted by Crippen LogP contribution is 2.09. The molecule has 0 radical (unpaired) electrons. The standard InChI is InChI=1S/C45H70O5/c1-3-5-7-9-11-13-15-17-19-21-22-24-25-27-29-31-33-35-37-39-44(47)49-42-43(41-46)50-45(48)40-38-36-34-32-30-28-26-23-20-18-16-14-12-10-8-6-4-2/h5,7,11-14,17-20,22,24,26-29,33,35,43,46H,3-4,6,8-10,15-16,21,23,25,30-32,34,36-42H2,1-2H3/b7-5+,13-11+,14-12+,19-17+,20-18+,24-22+,28-26+,29-27+,35-33+/t43-/m0/s1. The van der Waals surface area contributed by atoms with Crippen molar-refractivity contribution in [1.29, 1.82) is 0 Å². The molecule has 0 aromatic heterocycles. The molecule has 1 N–H and O–H groups in total. The topological polar surface area (TPSA) is 72.8 Å². The largest absolute Gasteiger partial charge is 0.462 e. The van der Waals surface area contributed by atoms with Gasteiger partial charge in [-0.05, 0) is 89.9 Å². The van der Waals surface area contributed by atoms with E-state index < -0.39 is 6.10 Å². The molecule has 0 amide bonds. The van der Waals surface area contributed by atoms with Crippen molar-refractivity contribution in [3.05, 3.63) is 109 Å². The van der Waals surface area contributed by atoms with Crippen LogP contribution in [0.25, 0.3) is 0 Å². The van der Waals surface area contributed by atoms with E-state index >= 15 is 0 Å². The van der Waals surface area contributed by atoms with Gasteiger partial charge < -0.3 is 14.6 Å². The molecule has 0 heterocycles. The second kappa shape index (κ2) is 40.0. The Morgan fingerprint density at radius 1 is 0.480 bits per heavy atom. The lowest BCUT2D eigenvalue weighted by Crippen LogP contribution is -2.28. The molecule has 0 fully saturated rings. The average molecular weight is 691 g/mol. The Kier molecular flexibility index (Phi) is 37.2. The maximum absolute atomic E-state index is 12.2. The summed E-state index contributed by atoms with van der Waals surface area (Å²) in [5.41, 5.74) is 0. The van der Waals surface area contributed by atoms with E-state index in [1.54, 1.807) is 0 Å². The third kappa shape index (κ3) is 37.4. The summed E-state index contributed by atoms with van der Waals surface area (Å²) in [7, 11) is 0. The molecule has 5 nitrogen and oxygen atoms in total. The molecule has 0 saturated carbocycles. The molecular formula is C45H70O5. The molecule has 0 bridgehead atoms. The number of carbonyl (C=O) groups excluding carboxylic acids is 2. The summed E-state index contributed by atoms with van der Waals surface area (Å²) < 4.78 is 10.5. The van der Waals surface area contributed by atoms with Crippen LogP contribution in [0.4, 0.5) is 0 Å². The van der Waals surface area contributed by atoms with Gasteiger partial charge in [-0.15, -0.1) is 0 Å². The summed E-state index contributed by atoms with van der Waals surface area (Å²) in [5, 5.41) is 9.54. The van der Waals surface area contributed by atoms with Gasteiger partial charge in [-0.25, -0.2) is 0 Å². The van der Waals surface area contributed by atoms with Gasteiger partial charge in [0.1, 0.15) is 6.61 Å². The lowest BCUT2D eigenvalue weighted by atomic mass is 10.1. The Morgan fingerprint density at radius 2 is 0.900 bits per heavy atom. The van der Waals surface area contributed by atoms with Gasteiger partial charge in [-0.2, -0.15) is 0 Å². The lowest BCUT2D eigenvalue weighted by Gasteiger charge is -2.15. The van der Waals surface area contributed by atoms with Crippen molar-refractivity contribution in [2.75, 3.05) is 13.2 Å². The molecule has 5 heteroatoms.